The highest BCUT2D eigenvalue weighted by atomic mass is 32.2. The Labute approximate surface area is 160 Å². The quantitative estimate of drug-likeness (QED) is 0.656. The molecule has 0 fully saturated rings. The number of ether oxygens (including phenoxy) is 1. The highest BCUT2D eigenvalue weighted by molar-refractivity contribution is 7.92. The van der Waals surface area contributed by atoms with Gasteiger partial charge >= 0.3 is 0 Å². The minimum Gasteiger partial charge on any atom is -0.478 e. The summed E-state index contributed by atoms with van der Waals surface area (Å²) in [5.41, 5.74) is 0.194. The van der Waals surface area contributed by atoms with Crippen LogP contribution in [0.15, 0.2) is 65.8 Å². The molecule has 2 aromatic carbocycles. The maximum absolute atomic E-state index is 13.7. The molecule has 3 aromatic rings. The Morgan fingerprint density at radius 1 is 1.04 bits per heavy atom. The molecular formula is C18H15FN4O4S. The fourth-order valence-electron chi connectivity index (χ4n) is 2.29. The van der Waals surface area contributed by atoms with Crippen LogP contribution >= 0.6 is 0 Å². The van der Waals surface area contributed by atoms with E-state index in [4.69, 9.17) is 4.74 Å². The van der Waals surface area contributed by atoms with E-state index < -0.39 is 21.7 Å². The van der Waals surface area contributed by atoms with Crippen LogP contribution in [-0.2, 0) is 10.0 Å². The van der Waals surface area contributed by atoms with Gasteiger partial charge in [0.05, 0.1) is 17.6 Å². The number of rotatable bonds is 6. The number of aromatic nitrogens is 2. The first kappa shape index (κ1) is 19.2. The average molecular weight is 402 g/mol. The first-order valence-electron chi connectivity index (χ1n) is 7.94. The second-order valence-corrected chi connectivity index (χ2v) is 7.16. The zero-order valence-electron chi connectivity index (χ0n) is 14.6. The molecule has 0 aliphatic rings. The van der Waals surface area contributed by atoms with Gasteiger partial charge in [-0.2, -0.15) is 0 Å². The predicted octanol–water partition coefficient (Wildman–Crippen LogP) is 2.68. The highest BCUT2D eigenvalue weighted by Gasteiger charge is 2.18. The summed E-state index contributed by atoms with van der Waals surface area (Å²) in [5, 5.41) is 2.51. The van der Waals surface area contributed by atoms with Gasteiger partial charge in [0.1, 0.15) is 5.82 Å². The van der Waals surface area contributed by atoms with Crippen molar-refractivity contribution in [3.05, 3.63) is 72.3 Å². The SMILES string of the molecule is COc1nccnc1NS(=O)(=O)c1ccc(NC(=O)c2ccccc2F)cc1. The average Bonchev–Trinajstić information content (AvgIpc) is 2.69. The molecule has 1 amide bonds. The maximum atomic E-state index is 13.7. The maximum Gasteiger partial charge on any atom is 0.263 e. The smallest absolute Gasteiger partial charge is 0.263 e. The van der Waals surface area contributed by atoms with Crippen LogP contribution in [-0.4, -0.2) is 31.4 Å². The number of carbonyl (C=O) groups is 1. The minimum absolute atomic E-state index is 0.0276. The van der Waals surface area contributed by atoms with Gasteiger partial charge in [-0.3, -0.25) is 9.52 Å². The first-order chi connectivity index (χ1) is 13.4. The number of sulfonamides is 1. The Kier molecular flexibility index (Phi) is 5.50. The molecule has 3 rings (SSSR count). The summed E-state index contributed by atoms with van der Waals surface area (Å²) in [7, 11) is -2.61. The fraction of sp³-hybridized carbons (Fsp3) is 0.0556. The van der Waals surface area contributed by atoms with Crippen molar-refractivity contribution in [1.29, 1.82) is 0 Å². The van der Waals surface area contributed by atoms with Gasteiger partial charge in [0.2, 0.25) is 5.82 Å². The van der Waals surface area contributed by atoms with Crippen LogP contribution in [0.25, 0.3) is 0 Å². The van der Waals surface area contributed by atoms with Crippen molar-refractivity contribution in [2.24, 2.45) is 0 Å². The molecule has 144 valence electrons. The third-order valence-electron chi connectivity index (χ3n) is 3.63. The molecule has 0 spiro atoms. The van der Waals surface area contributed by atoms with Gasteiger partial charge in [0, 0.05) is 18.1 Å². The van der Waals surface area contributed by atoms with Crippen LogP contribution in [0.5, 0.6) is 5.88 Å². The standard InChI is InChI=1S/C18H15FN4O4S/c1-27-18-16(20-10-11-21-18)23-28(25,26)13-8-6-12(7-9-13)22-17(24)14-4-2-3-5-15(14)19/h2-11H,1H3,(H,20,23)(H,22,24). The summed E-state index contributed by atoms with van der Waals surface area (Å²) >= 11 is 0. The molecule has 1 heterocycles. The topological polar surface area (TPSA) is 110 Å². The Hall–Kier alpha value is -3.53. The summed E-state index contributed by atoms with van der Waals surface area (Å²) in [6, 6.07) is 10.9. The monoisotopic (exact) mass is 402 g/mol. The molecule has 10 heteroatoms. The molecule has 28 heavy (non-hydrogen) atoms. The Morgan fingerprint density at radius 2 is 1.71 bits per heavy atom. The van der Waals surface area contributed by atoms with E-state index in [0.29, 0.717) is 5.69 Å². The zero-order valence-corrected chi connectivity index (χ0v) is 15.4. The summed E-state index contributed by atoms with van der Waals surface area (Å²) in [5.74, 6) is -1.32. The van der Waals surface area contributed by atoms with Crippen molar-refractivity contribution < 1.29 is 22.3 Å². The van der Waals surface area contributed by atoms with E-state index in [2.05, 4.69) is 20.0 Å². The van der Waals surface area contributed by atoms with Crippen LogP contribution in [0, 0.1) is 5.82 Å². The fourth-order valence-corrected chi connectivity index (χ4v) is 3.30. The molecule has 1 aromatic heterocycles. The van der Waals surface area contributed by atoms with Crippen molar-refractivity contribution in [3.8, 4) is 5.88 Å². The van der Waals surface area contributed by atoms with Crippen LogP contribution in [0.3, 0.4) is 0 Å². The van der Waals surface area contributed by atoms with Crippen LogP contribution in [0.4, 0.5) is 15.9 Å². The normalized spacial score (nSPS) is 10.9. The van der Waals surface area contributed by atoms with Crippen molar-refractivity contribution in [1.82, 2.24) is 9.97 Å². The van der Waals surface area contributed by atoms with Gasteiger partial charge in [0.25, 0.3) is 21.8 Å². The van der Waals surface area contributed by atoms with Gasteiger partial charge in [0.15, 0.2) is 0 Å². The number of carbonyl (C=O) groups excluding carboxylic acids is 1. The molecule has 2 N–H and O–H groups in total. The molecule has 0 radical (unpaired) electrons. The van der Waals surface area contributed by atoms with E-state index in [1.54, 1.807) is 6.07 Å². The lowest BCUT2D eigenvalue weighted by Gasteiger charge is -2.10. The van der Waals surface area contributed by atoms with E-state index >= 15 is 0 Å². The number of benzene rings is 2. The number of hydrogen-bond donors (Lipinski definition) is 2. The molecule has 0 saturated heterocycles. The second kappa shape index (κ2) is 8.01. The number of anilines is 2. The minimum atomic E-state index is -3.96. The van der Waals surface area contributed by atoms with Gasteiger partial charge in [-0.25, -0.2) is 22.8 Å². The summed E-state index contributed by atoms with van der Waals surface area (Å²) < 4.78 is 45.9. The van der Waals surface area contributed by atoms with Gasteiger partial charge in [-0.1, -0.05) is 12.1 Å². The molecule has 8 nitrogen and oxygen atoms in total. The molecule has 0 atom stereocenters. The Balaban J connectivity index is 1.76. The zero-order chi connectivity index (χ0) is 20.1. The number of methoxy groups -OCH3 is 1. The molecule has 0 saturated carbocycles. The first-order valence-corrected chi connectivity index (χ1v) is 9.43. The summed E-state index contributed by atoms with van der Waals surface area (Å²) in [6.45, 7) is 0. The summed E-state index contributed by atoms with van der Waals surface area (Å²) in [6.07, 6.45) is 2.69. The van der Waals surface area contributed by atoms with E-state index in [1.807, 2.05) is 0 Å². The van der Waals surface area contributed by atoms with E-state index in [9.17, 15) is 17.6 Å². The van der Waals surface area contributed by atoms with Crippen LogP contribution < -0.4 is 14.8 Å². The third-order valence-corrected chi connectivity index (χ3v) is 4.98. The van der Waals surface area contributed by atoms with E-state index in [-0.39, 0.29) is 22.2 Å². The Bertz CT molecular complexity index is 1100. The predicted molar refractivity (Wildman–Crippen MR) is 100 cm³/mol. The number of nitrogens with zero attached hydrogens (tertiary/aromatic N) is 2. The van der Waals surface area contributed by atoms with Gasteiger partial charge in [-0.05, 0) is 36.4 Å². The number of hydrogen-bond acceptors (Lipinski definition) is 6. The Morgan fingerprint density at radius 3 is 2.39 bits per heavy atom. The number of nitrogens with one attached hydrogen (secondary N) is 2. The number of halogens is 1. The highest BCUT2D eigenvalue weighted by Crippen LogP contribution is 2.22. The van der Waals surface area contributed by atoms with Crippen LogP contribution in [0.2, 0.25) is 0 Å². The lowest BCUT2D eigenvalue weighted by atomic mass is 10.2. The van der Waals surface area contributed by atoms with E-state index in [0.717, 1.165) is 0 Å². The van der Waals surface area contributed by atoms with Crippen molar-refractivity contribution in [2.75, 3.05) is 17.1 Å². The van der Waals surface area contributed by atoms with Crippen molar-refractivity contribution in [2.45, 2.75) is 4.90 Å². The second-order valence-electron chi connectivity index (χ2n) is 5.48. The van der Waals surface area contributed by atoms with E-state index in [1.165, 1.54) is 62.0 Å². The third kappa shape index (κ3) is 4.23. The summed E-state index contributed by atoms with van der Waals surface area (Å²) in [4.78, 5) is 19.8. The molecule has 0 aliphatic carbocycles. The number of amides is 1. The van der Waals surface area contributed by atoms with Crippen molar-refractivity contribution in [3.63, 3.8) is 0 Å². The molecular weight excluding hydrogens is 387 g/mol. The van der Waals surface area contributed by atoms with Crippen molar-refractivity contribution >= 4 is 27.4 Å². The van der Waals surface area contributed by atoms with Gasteiger partial charge in [-0.15, -0.1) is 0 Å². The van der Waals surface area contributed by atoms with Crippen LogP contribution in [0.1, 0.15) is 10.4 Å². The molecule has 0 unspecified atom stereocenters. The largest absolute Gasteiger partial charge is 0.478 e. The molecule has 0 aliphatic heterocycles. The lowest BCUT2D eigenvalue weighted by molar-refractivity contribution is 0.102. The van der Waals surface area contributed by atoms with Gasteiger partial charge < -0.3 is 10.1 Å². The lowest BCUT2D eigenvalue weighted by Crippen LogP contribution is -2.16. The molecule has 0 bridgehead atoms.